The summed E-state index contributed by atoms with van der Waals surface area (Å²) in [5.41, 5.74) is 1.91. The lowest BCUT2D eigenvalue weighted by Crippen LogP contribution is -2.48. The van der Waals surface area contributed by atoms with Gasteiger partial charge in [0.1, 0.15) is 0 Å². The quantitative estimate of drug-likeness (QED) is 0.898. The van der Waals surface area contributed by atoms with Gasteiger partial charge in [0.05, 0.1) is 6.54 Å². The number of nitrogens with one attached hydrogen (secondary N) is 1. The average molecular weight is 331 g/mol. The minimum Gasteiger partial charge on any atom is -0.353 e. The zero-order valence-corrected chi connectivity index (χ0v) is 15.2. The van der Waals surface area contributed by atoms with E-state index in [0.717, 1.165) is 37.1 Å². The van der Waals surface area contributed by atoms with Gasteiger partial charge in [-0.1, -0.05) is 17.7 Å². The smallest absolute Gasteiger partial charge is 0.253 e. The van der Waals surface area contributed by atoms with Crippen molar-refractivity contribution in [2.24, 2.45) is 0 Å². The van der Waals surface area contributed by atoms with Crippen LogP contribution in [0.3, 0.4) is 0 Å². The third kappa shape index (κ3) is 5.06. The van der Waals surface area contributed by atoms with Crippen LogP contribution in [0.25, 0.3) is 0 Å². The minimum absolute atomic E-state index is 0.0608. The van der Waals surface area contributed by atoms with Gasteiger partial charge >= 0.3 is 0 Å². The lowest BCUT2D eigenvalue weighted by molar-refractivity contribution is -0.123. The molecule has 0 bridgehead atoms. The highest BCUT2D eigenvalue weighted by Crippen LogP contribution is 2.17. The minimum atomic E-state index is 0.0608. The maximum absolute atomic E-state index is 12.5. The molecule has 132 valence electrons. The standard InChI is InChI=1S/C19H29N3O2/c1-14(2)20-18(23)13-21(4)17-9-11-22(12-10-17)19(24)16-7-5-15(3)6-8-16/h5-8,14,17H,9-13H2,1-4H3,(H,20,23). The molecule has 1 heterocycles. The summed E-state index contributed by atoms with van der Waals surface area (Å²) in [6.45, 7) is 7.85. The average Bonchev–Trinajstić information content (AvgIpc) is 2.54. The molecule has 0 aliphatic carbocycles. The van der Waals surface area contributed by atoms with Crippen molar-refractivity contribution < 1.29 is 9.59 Å². The SMILES string of the molecule is Cc1ccc(C(=O)N2CCC(N(C)CC(=O)NC(C)C)CC2)cc1. The van der Waals surface area contributed by atoms with Crippen LogP contribution in [0.15, 0.2) is 24.3 Å². The van der Waals surface area contributed by atoms with Crippen LogP contribution < -0.4 is 5.32 Å². The number of benzene rings is 1. The van der Waals surface area contributed by atoms with Crippen molar-refractivity contribution in [1.82, 2.24) is 15.1 Å². The number of piperidine rings is 1. The molecule has 1 aliphatic rings. The first-order valence-electron chi connectivity index (χ1n) is 8.72. The molecule has 5 heteroatoms. The Kier molecular flexibility index (Phi) is 6.37. The molecule has 0 radical (unpaired) electrons. The van der Waals surface area contributed by atoms with Crippen LogP contribution in [0.5, 0.6) is 0 Å². The Morgan fingerprint density at radius 3 is 2.33 bits per heavy atom. The maximum atomic E-state index is 12.5. The highest BCUT2D eigenvalue weighted by atomic mass is 16.2. The van der Waals surface area contributed by atoms with Gasteiger partial charge in [0, 0.05) is 30.7 Å². The highest BCUT2D eigenvalue weighted by Gasteiger charge is 2.26. The first kappa shape index (κ1) is 18.5. The van der Waals surface area contributed by atoms with Crippen LogP contribution in [0.4, 0.5) is 0 Å². The van der Waals surface area contributed by atoms with E-state index in [4.69, 9.17) is 0 Å². The Hall–Kier alpha value is -1.88. The van der Waals surface area contributed by atoms with Gasteiger partial charge in [-0.05, 0) is 52.8 Å². The van der Waals surface area contributed by atoms with E-state index < -0.39 is 0 Å². The molecular weight excluding hydrogens is 302 g/mol. The van der Waals surface area contributed by atoms with E-state index in [1.165, 1.54) is 0 Å². The number of hydrogen-bond acceptors (Lipinski definition) is 3. The van der Waals surface area contributed by atoms with Gasteiger partial charge in [-0.3, -0.25) is 14.5 Å². The Morgan fingerprint density at radius 2 is 1.79 bits per heavy atom. The number of hydrogen-bond donors (Lipinski definition) is 1. The number of likely N-dealkylation sites (N-methyl/N-ethyl adjacent to an activating group) is 1. The maximum Gasteiger partial charge on any atom is 0.253 e. The van der Waals surface area contributed by atoms with Crippen LogP contribution in [-0.2, 0) is 4.79 Å². The summed E-state index contributed by atoms with van der Waals surface area (Å²) in [4.78, 5) is 28.4. The normalized spacial score (nSPS) is 15.8. The van der Waals surface area contributed by atoms with Gasteiger partial charge in [-0.25, -0.2) is 0 Å². The number of aryl methyl sites for hydroxylation is 1. The fourth-order valence-electron chi connectivity index (χ4n) is 3.11. The molecule has 2 amide bonds. The molecule has 1 aromatic carbocycles. The summed E-state index contributed by atoms with van der Waals surface area (Å²) in [6, 6.07) is 8.25. The van der Waals surface area contributed by atoms with E-state index in [1.807, 2.05) is 57.0 Å². The van der Waals surface area contributed by atoms with Gasteiger partial charge in [0.15, 0.2) is 0 Å². The molecule has 1 aromatic rings. The molecule has 1 saturated heterocycles. The number of carbonyl (C=O) groups excluding carboxylic acids is 2. The van der Waals surface area contributed by atoms with Gasteiger partial charge in [-0.15, -0.1) is 0 Å². The van der Waals surface area contributed by atoms with Crippen LogP contribution in [0.2, 0.25) is 0 Å². The zero-order chi connectivity index (χ0) is 17.7. The summed E-state index contributed by atoms with van der Waals surface area (Å²) in [6.07, 6.45) is 1.81. The Morgan fingerprint density at radius 1 is 1.21 bits per heavy atom. The molecule has 1 fully saturated rings. The largest absolute Gasteiger partial charge is 0.353 e. The topological polar surface area (TPSA) is 52.7 Å². The summed E-state index contributed by atoms with van der Waals surface area (Å²) in [7, 11) is 1.99. The molecule has 24 heavy (non-hydrogen) atoms. The van der Waals surface area contributed by atoms with Gasteiger partial charge in [0.25, 0.3) is 5.91 Å². The van der Waals surface area contributed by atoms with Crippen LogP contribution in [0.1, 0.15) is 42.6 Å². The first-order chi connectivity index (χ1) is 11.4. The van der Waals surface area contributed by atoms with Crippen LogP contribution in [0, 0.1) is 6.92 Å². The third-order valence-corrected chi connectivity index (χ3v) is 4.52. The van der Waals surface area contributed by atoms with Crippen molar-refractivity contribution in [3.05, 3.63) is 35.4 Å². The van der Waals surface area contributed by atoms with Gasteiger partial charge in [0.2, 0.25) is 5.91 Å². The van der Waals surface area contributed by atoms with Crippen molar-refractivity contribution in [2.45, 2.75) is 45.7 Å². The summed E-state index contributed by atoms with van der Waals surface area (Å²) < 4.78 is 0. The predicted octanol–water partition coefficient (Wildman–Crippen LogP) is 2.06. The number of nitrogens with zero attached hydrogens (tertiary/aromatic N) is 2. The van der Waals surface area contributed by atoms with E-state index in [9.17, 15) is 9.59 Å². The molecule has 0 saturated carbocycles. The molecule has 0 spiro atoms. The van der Waals surface area contributed by atoms with E-state index in [-0.39, 0.29) is 17.9 Å². The third-order valence-electron chi connectivity index (χ3n) is 4.52. The zero-order valence-electron chi connectivity index (χ0n) is 15.2. The lowest BCUT2D eigenvalue weighted by Gasteiger charge is -2.36. The molecular formula is C19H29N3O2. The Labute approximate surface area is 145 Å². The Bertz CT molecular complexity index is 560. The monoisotopic (exact) mass is 331 g/mol. The van der Waals surface area contributed by atoms with E-state index in [2.05, 4.69) is 10.2 Å². The van der Waals surface area contributed by atoms with Crippen molar-refractivity contribution in [1.29, 1.82) is 0 Å². The van der Waals surface area contributed by atoms with Crippen molar-refractivity contribution in [3.8, 4) is 0 Å². The van der Waals surface area contributed by atoms with Crippen LogP contribution in [-0.4, -0.2) is 60.4 Å². The highest BCUT2D eigenvalue weighted by molar-refractivity contribution is 5.94. The van der Waals surface area contributed by atoms with Crippen molar-refractivity contribution in [2.75, 3.05) is 26.7 Å². The fourth-order valence-corrected chi connectivity index (χ4v) is 3.11. The van der Waals surface area contributed by atoms with Crippen molar-refractivity contribution in [3.63, 3.8) is 0 Å². The second-order valence-corrected chi connectivity index (χ2v) is 7.03. The number of rotatable bonds is 5. The second kappa shape index (κ2) is 8.29. The molecule has 1 N–H and O–H groups in total. The first-order valence-corrected chi connectivity index (χ1v) is 8.72. The van der Waals surface area contributed by atoms with E-state index in [0.29, 0.717) is 12.6 Å². The van der Waals surface area contributed by atoms with E-state index in [1.54, 1.807) is 0 Å². The van der Waals surface area contributed by atoms with Crippen LogP contribution >= 0.6 is 0 Å². The summed E-state index contributed by atoms with van der Waals surface area (Å²) in [5.74, 6) is 0.166. The van der Waals surface area contributed by atoms with Crippen molar-refractivity contribution >= 4 is 11.8 Å². The van der Waals surface area contributed by atoms with Gasteiger partial charge < -0.3 is 10.2 Å². The molecule has 1 aliphatic heterocycles. The molecule has 0 atom stereocenters. The number of likely N-dealkylation sites (tertiary alicyclic amines) is 1. The number of amides is 2. The lowest BCUT2D eigenvalue weighted by atomic mass is 10.0. The number of carbonyl (C=O) groups is 2. The molecule has 0 unspecified atom stereocenters. The van der Waals surface area contributed by atoms with Gasteiger partial charge in [-0.2, -0.15) is 0 Å². The second-order valence-electron chi connectivity index (χ2n) is 7.03. The molecule has 2 rings (SSSR count). The summed E-state index contributed by atoms with van der Waals surface area (Å²) in [5, 5.41) is 2.92. The Balaban J connectivity index is 1.83. The van der Waals surface area contributed by atoms with E-state index >= 15 is 0 Å². The fraction of sp³-hybridized carbons (Fsp3) is 0.579. The molecule has 5 nitrogen and oxygen atoms in total. The predicted molar refractivity (Wildman–Crippen MR) is 96.0 cm³/mol. The molecule has 0 aromatic heterocycles. The summed E-state index contributed by atoms with van der Waals surface area (Å²) >= 11 is 0.